The number of carbonyl (C=O) groups is 1. The van der Waals surface area contributed by atoms with Gasteiger partial charge in [0.1, 0.15) is 0 Å². The van der Waals surface area contributed by atoms with Crippen LogP contribution in [-0.4, -0.2) is 41.5 Å². The summed E-state index contributed by atoms with van der Waals surface area (Å²) >= 11 is 1.45. The molecule has 124 valence electrons. The molecule has 3 rings (SSSR count). The summed E-state index contributed by atoms with van der Waals surface area (Å²) in [6.07, 6.45) is 0. The van der Waals surface area contributed by atoms with Crippen LogP contribution in [0.3, 0.4) is 0 Å². The van der Waals surface area contributed by atoms with Crippen molar-refractivity contribution in [3.63, 3.8) is 0 Å². The number of likely N-dealkylation sites (tertiary alicyclic amines) is 1. The molecule has 2 heterocycles. The van der Waals surface area contributed by atoms with Crippen LogP contribution in [0.2, 0.25) is 0 Å². The number of aryl methyl sites for hydroxylation is 1. The predicted molar refractivity (Wildman–Crippen MR) is 96.3 cm³/mol. The second-order valence-corrected chi connectivity index (χ2v) is 6.58. The fourth-order valence-electron chi connectivity index (χ4n) is 2.87. The Hall–Kier alpha value is -1.47. The molecule has 1 amide bonds. The Labute approximate surface area is 146 Å². The van der Waals surface area contributed by atoms with Crippen molar-refractivity contribution in [2.45, 2.75) is 18.9 Å². The zero-order chi connectivity index (χ0) is 15.5. The van der Waals surface area contributed by atoms with Gasteiger partial charge in [0.15, 0.2) is 5.13 Å². The van der Waals surface area contributed by atoms with Gasteiger partial charge in [0, 0.05) is 30.4 Å². The monoisotopic (exact) mass is 352 g/mol. The summed E-state index contributed by atoms with van der Waals surface area (Å²) in [6, 6.07) is 10.3. The molecule has 0 aliphatic carbocycles. The van der Waals surface area contributed by atoms with Crippen LogP contribution in [0.15, 0.2) is 35.7 Å². The lowest BCUT2D eigenvalue weighted by atomic mass is 9.95. The number of hydrogen-bond donors (Lipinski definition) is 2. The number of nitrogens with two attached hydrogens (primary N) is 1. The number of rotatable bonds is 4. The summed E-state index contributed by atoms with van der Waals surface area (Å²) in [5.74, 6) is 0.256. The lowest BCUT2D eigenvalue weighted by molar-refractivity contribution is -0.117. The number of nitrogens with zero attached hydrogens (tertiary/aromatic N) is 2. The van der Waals surface area contributed by atoms with Gasteiger partial charge in [-0.2, -0.15) is 0 Å². The topological polar surface area (TPSA) is 71.2 Å². The summed E-state index contributed by atoms with van der Waals surface area (Å²) in [5, 5.41) is 5.43. The van der Waals surface area contributed by atoms with Gasteiger partial charge in [0.2, 0.25) is 5.91 Å². The zero-order valence-electron chi connectivity index (χ0n) is 12.9. The van der Waals surface area contributed by atoms with E-state index in [4.69, 9.17) is 5.73 Å². The van der Waals surface area contributed by atoms with Crippen molar-refractivity contribution in [3.8, 4) is 0 Å². The third-order valence-electron chi connectivity index (χ3n) is 3.90. The summed E-state index contributed by atoms with van der Waals surface area (Å²) in [5.41, 5.74) is 8.42. The number of halogens is 1. The molecule has 1 fully saturated rings. The number of carbonyl (C=O) groups excluding carboxylic acids is 1. The maximum Gasteiger partial charge on any atom is 0.240 e. The zero-order valence-corrected chi connectivity index (χ0v) is 14.6. The largest absolute Gasteiger partial charge is 0.326 e. The fraction of sp³-hybridized carbons (Fsp3) is 0.375. The molecular formula is C16H21ClN4OS. The van der Waals surface area contributed by atoms with Crippen molar-refractivity contribution in [2.75, 3.05) is 25.0 Å². The average molecular weight is 353 g/mol. The van der Waals surface area contributed by atoms with Gasteiger partial charge in [-0.15, -0.1) is 23.7 Å². The van der Waals surface area contributed by atoms with Crippen LogP contribution in [0, 0.1) is 6.92 Å². The maximum atomic E-state index is 12.1. The molecule has 0 saturated carbocycles. The van der Waals surface area contributed by atoms with Crippen LogP contribution in [0.1, 0.15) is 17.2 Å². The summed E-state index contributed by atoms with van der Waals surface area (Å²) < 4.78 is 0. The summed E-state index contributed by atoms with van der Waals surface area (Å²) in [4.78, 5) is 18.5. The third-order valence-corrected chi connectivity index (χ3v) is 4.78. The molecule has 7 heteroatoms. The van der Waals surface area contributed by atoms with E-state index in [-0.39, 0.29) is 30.3 Å². The van der Waals surface area contributed by atoms with Crippen LogP contribution in [0.5, 0.6) is 0 Å². The van der Waals surface area contributed by atoms with E-state index in [1.165, 1.54) is 16.9 Å². The molecule has 5 nitrogen and oxygen atoms in total. The van der Waals surface area contributed by atoms with E-state index < -0.39 is 0 Å². The van der Waals surface area contributed by atoms with Crippen LogP contribution < -0.4 is 11.1 Å². The van der Waals surface area contributed by atoms with Crippen LogP contribution >= 0.6 is 23.7 Å². The maximum absolute atomic E-state index is 12.1. The van der Waals surface area contributed by atoms with E-state index in [1.807, 2.05) is 30.5 Å². The molecule has 1 aliphatic heterocycles. The summed E-state index contributed by atoms with van der Waals surface area (Å²) in [6.45, 7) is 3.82. The number of thiazole rings is 1. The predicted octanol–water partition coefficient (Wildman–Crippen LogP) is 2.24. The highest BCUT2D eigenvalue weighted by Crippen LogP contribution is 2.26. The van der Waals surface area contributed by atoms with E-state index in [0.717, 1.165) is 18.8 Å². The first-order valence-corrected chi connectivity index (χ1v) is 8.24. The lowest BCUT2D eigenvalue weighted by Crippen LogP contribution is -2.33. The number of benzene rings is 1. The smallest absolute Gasteiger partial charge is 0.240 e. The Bertz CT molecular complexity index is 649. The molecule has 3 N–H and O–H groups in total. The molecule has 1 aliphatic rings. The highest BCUT2D eigenvalue weighted by Gasteiger charge is 2.32. The van der Waals surface area contributed by atoms with Crippen molar-refractivity contribution < 1.29 is 4.79 Å². The molecule has 23 heavy (non-hydrogen) atoms. The molecule has 0 radical (unpaired) electrons. The number of amides is 1. The van der Waals surface area contributed by atoms with Crippen LogP contribution in [-0.2, 0) is 4.79 Å². The van der Waals surface area contributed by atoms with Gasteiger partial charge in [0.25, 0.3) is 0 Å². The molecule has 0 bridgehead atoms. The Morgan fingerprint density at radius 2 is 2.13 bits per heavy atom. The SMILES string of the molecule is Cc1csc(NC(=O)CN2C[C@@H](N)[C@H](c3ccccc3)C2)n1.Cl. The van der Waals surface area contributed by atoms with Gasteiger partial charge in [-0.05, 0) is 12.5 Å². The van der Waals surface area contributed by atoms with Gasteiger partial charge >= 0.3 is 0 Å². The van der Waals surface area contributed by atoms with Crippen LogP contribution in [0.4, 0.5) is 5.13 Å². The molecule has 0 spiro atoms. The van der Waals surface area contributed by atoms with E-state index in [9.17, 15) is 4.79 Å². The number of nitrogens with one attached hydrogen (secondary N) is 1. The molecule has 2 aromatic rings. The van der Waals surface area contributed by atoms with E-state index in [2.05, 4.69) is 27.3 Å². The lowest BCUT2D eigenvalue weighted by Gasteiger charge is -2.15. The summed E-state index contributed by atoms with van der Waals surface area (Å²) in [7, 11) is 0. The molecule has 1 aromatic heterocycles. The van der Waals surface area contributed by atoms with Gasteiger partial charge in [-0.3, -0.25) is 9.69 Å². The Balaban J connectivity index is 0.00000192. The van der Waals surface area contributed by atoms with Crippen molar-refractivity contribution >= 4 is 34.8 Å². The number of anilines is 1. The Morgan fingerprint density at radius 3 is 2.78 bits per heavy atom. The van der Waals surface area contributed by atoms with Crippen LogP contribution in [0.25, 0.3) is 0 Å². The molecule has 1 saturated heterocycles. The standard InChI is InChI=1S/C16H20N4OS.ClH/c1-11-10-22-16(18-11)19-15(21)9-20-7-13(14(17)8-20)12-5-3-2-4-6-12;/h2-6,10,13-14H,7-9,17H2,1H3,(H,18,19,21);1H/t13-,14+;/m0./s1. The normalized spacial score (nSPS) is 21.0. The van der Waals surface area contributed by atoms with Crippen molar-refractivity contribution in [1.82, 2.24) is 9.88 Å². The van der Waals surface area contributed by atoms with Crippen molar-refractivity contribution in [2.24, 2.45) is 5.73 Å². The molecule has 2 atom stereocenters. The van der Waals surface area contributed by atoms with Gasteiger partial charge in [-0.25, -0.2) is 4.98 Å². The Kier molecular flexibility index (Phi) is 6.12. The van der Waals surface area contributed by atoms with E-state index in [1.54, 1.807) is 0 Å². The first-order chi connectivity index (χ1) is 10.6. The molecular weight excluding hydrogens is 332 g/mol. The Morgan fingerprint density at radius 1 is 1.39 bits per heavy atom. The quantitative estimate of drug-likeness (QED) is 0.885. The number of hydrogen-bond acceptors (Lipinski definition) is 5. The van der Waals surface area contributed by atoms with Gasteiger partial charge in [0.05, 0.1) is 12.2 Å². The highest BCUT2D eigenvalue weighted by atomic mass is 35.5. The third kappa shape index (κ3) is 4.51. The second-order valence-electron chi connectivity index (χ2n) is 5.72. The van der Waals surface area contributed by atoms with Crippen molar-refractivity contribution in [3.05, 3.63) is 47.0 Å². The van der Waals surface area contributed by atoms with E-state index in [0.29, 0.717) is 11.7 Å². The minimum atomic E-state index is -0.0322. The molecule has 0 unspecified atom stereocenters. The van der Waals surface area contributed by atoms with Crippen molar-refractivity contribution in [1.29, 1.82) is 0 Å². The highest BCUT2D eigenvalue weighted by molar-refractivity contribution is 7.13. The number of aromatic nitrogens is 1. The van der Waals surface area contributed by atoms with Gasteiger partial charge in [-0.1, -0.05) is 30.3 Å². The average Bonchev–Trinajstić information content (AvgIpc) is 3.05. The first-order valence-electron chi connectivity index (χ1n) is 7.36. The minimum Gasteiger partial charge on any atom is -0.326 e. The van der Waals surface area contributed by atoms with E-state index >= 15 is 0 Å². The minimum absolute atomic E-state index is 0. The second kappa shape index (κ2) is 7.88. The van der Waals surface area contributed by atoms with Gasteiger partial charge < -0.3 is 11.1 Å². The fourth-order valence-corrected chi connectivity index (χ4v) is 3.57. The molecule has 1 aromatic carbocycles. The first kappa shape index (κ1) is 17.9.